The number of nitrogens with zero attached hydrogens (tertiary/aromatic N) is 2. The molecule has 1 fully saturated rings. The van der Waals surface area contributed by atoms with Gasteiger partial charge < -0.3 is 15.6 Å². The number of amides is 1. The molecule has 2 unspecified atom stereocenters. The van der Waals surface area contributed by atoms with Gasteiger partial charge in [-0.25, -0.2) is 9.97 Å². The number of fused-ring (bicyclic) bond motifs is 1. The number of anilines is 1. The quantitative estimate of drug-likeness (QED) is 0.623. The maximum atomic E-state index is 12.5. The Morgan fingerprint density at radius 1 is 1.48 bits per heavy atom. The van der Waals surface area contributed by atoms with E-state index in [1.54, 1.807) is 6.20 Å². The molecule has 0 radical (unpaired) electrons. The van der Waals surface area contributed by atoms with E-state index in [2.05, 4.69) is 32.5 Å². The molecule has 0 aliphatic carbocycles. The first-order chi connectivity index (χ1) is 13.1. The summed E-state index contributed by atoms with van der Waals surface area (Å²) < 4.78 is 0. The van der Waals surface area contributed by atoms with Crippen molar-refractivity contribution in [1.82, 2.24) is 20.3 Å². The van der Waals surface area contributed by atoms with Crippen LogP contribution >= 0.6 is 11.3 Å². The second-order valence-corrected chi connectivity index (χ2v) is 8.56. The highest BCUT2D eigenvalue weighted by Crippen LogP contribution is 2.34. The Balaban J connectivity index is 1.46. The highest BCUT2D eigenvalue weighted by Gasteiger charge is 2.23. The van der Waals surface area contributed by atoms with Crippen molar-refractivity contribution >= 4 is 33.4 Å². The zero-order valence-corrected chi connectivity index (χ0v) is 16.5. The van der Waals surface area contributed by atoms with Crippen molar-refractivity contribution in [2.24, 2.45) is 11.8 Å². The summed E-state index contributed by atoms with van der Waals surface area (Å²) in [5.41, 5.74) is 2.77. The minimum atomic E-state index is 0.0500. The molecule has 0 saturated carbocycles. The van der Waals surface area contributed by atoms with Crippen molar-refractivity contribution in [2.45, 2.75) is 33.1 Å². The summed E-state index contributed by atoms with van der Waals surface area (Å²) in [6.45, 7) is 6.33. The monoisotopic (exact) mass is 383 g/mol. The normalized spacial score (nSPS) is 18.5. The molecule has 0 spiro atoms. The molecule has 0 bridgehead atoms. The number of hydrogen-bond donors (Lipinski definition) is 3. The lowest BCUT2D eigenvalue weighted by atomic mass is 9.85. The lowest BCUT2D eigenvalue weighted by molar-refractivity contribution is -0.117. The van der Waals surface area contributed by atoms with Crippen LogP contribution in [-0.2, 0) is 4.79 Å². The summed E-state index contributed by atoms with van der Waals surface area (Å²) in [5, 5.41) is 8.15. The number of aryl methyl sites for hydroxylation is 1. The second-order valence-electron chi connectivity index (χ2n) is 7.36. The Morgan fingerprint density at radius 2 is 2.37 bits per heavy atom. The maximum absolute atomic E-state index is 12.5. The molecule has 3 aromatic rings. The Labute approximate surface area is 162 Å². The number of carbonyl (C=O) groups excluding carboxylic acids is 1. The third kappa shape index (κ3) is 3.89. The molecule has 4 heterocycles. The van der Waals surface area contributed by atoms with E-state index in [1.165, 1.54) is 24.2 Å². The SMILES string of the molecule is Cc1sc(NC(=O)CC(C)C2CCCNC2)nc1-c1c[nH]c2ncccc12. The van der Waals surface area contributed by atoms with E-state index >= 15 is 0 Å². The first-order valence-corrected chi connectivity index (χ1v) is 10.3. The number of aromatic nitrogens is 3. The summed E-state index contributed by atoms with van der Waals surface area (Å²) in [4.78, 5) is 25.8. The fourth-order valence-corrected chi connectivity index (χ4v) is 4.69. The highest BCUT2D eigenvalue weighted by atomic mass is 32.1. The Morgan fingerprint density at radius 3 is 3.19 bits per heavy atom. The van der Waals surface area contributed by atoms with Crippen LogP contribution in [0.2, 0.25) is 0 Å². The zero-order valence-electron chi connectivity index (χ0n) is 15.7. The molecule has 1 saturated heterocycles. The predicted octanol–water partition coefficient (Wildman–Crippen LogP) is 3.96. The molecule has 1 amide bonds. The summed E-state index contributed by atoms with van der Waals surface area (Å²) in [5.74, 6) is 1.00. The smallest absolute Gasteiger partial charge is 0.226 e. The molecule has 1 aliphatic rings. The van der Waals surface area contributed by atoms with Gasteiger partial charge in [-0.05, 0) is 56.8 Å². The van der Waals surface area contributed by atoms with Gasteiger partial charge in [-0.2, -0.15) is 0 Å². The molecule has 0 aromatic carbocycles. The number of piperidine rings is 1. The molecule has 142 valence electrons. The zero-order chi connectivity index (χ0) is 18.8. The van der Waals surface area contributed by atoms with E-state index in [1.807, 2.05) is 25.3 Å². The van der Waals surface area contributed by atoms with Crippen molar-refractivity contribution in [1.29, 1.82) is 0 Å². The summed E-state index contributed by atoms with van der Waals surface area (Å²) >= 11 is 1.52. The van der Waals surface area contributed by atoms with Gasteiger partial charge in [0.05, 0.1) is 5.69 Å². The number of nitrogens with one attached hydrogen (secondary N) is 3. The lowest BCUT2D eigenvalue weighted by Crippen LogP contribution is -2.34. The van der Waals surface area contributed by atoms with Crippen LogP contribution in [-0.4, -0.2) is 33.9 Å². The van der Waals surface area contributed by atoms with Crippen molar-refractivity contribution in [3.8, 4) is 11.3 Å². The molecular weight excluding hydrogens is 358 g/mol. The van der Waals surface area contributed by atoms with Crippen LogP contribution in [0.5, 0.6) is 0 Å². The van der Waals surface area contributed by atoms with Crippen molar-refractivity contribution < 1.29 is 4.79 Å². The van der Waals surface area contributed by atoms with Gasteiger partial charge in [-0.1, -0.05) is 6.92 Å². The Hall–Kier alpha value is -2.25. The van der Waals surface area contributed by atoms with E-state index < -0.39 is 0 Å². The van der Waals surface area contributed by atoms with Gasteiger partial charge in [-0.3, -0.25) is 4.79 Å². The summed E-state index contributed by atoms with van der Waals surface area (Å²) in [6.07, 6.45) is 6.65. The Kier molecular flexibility index (Phi) is 5.22. The molecule has 6 nitrogen and oxygen atoms in total. The first-order valence-electron chi connectivity index (χ1n) is 9.52. The number of pyridine rings is 1. The number of H-pyrrole nitrogens is 1. The van der Waals surface area contributed by atoms with Crippen LogP contribution in [0.3, 0.4) is 0 Å². The van der Waals surface area contributed by atoms with E-state index in [0.29, 0.717) is 23.4 Å². The summed E-state index contributed by atoms with van der Waals surface area (Å²) in [7, 11) is 0. The number of thiazole rings is 1. The number of carbonyl (C=O) groups is 1. The van der Waals surface area contributed by atoms with Gasteiger partial charge in [0, 0.05) is 34.6 Å². The van der Waals surface area contributed by atoms with Gasteiger partial charge in [0.15, 0.2) is 5.13 Å². The number of hydrogen-bond acceptors (Lipinski definition) is 5. The molecule has 27 heavy (non-hydrogen) atoms. The van der Waals surface area contributed by atoms with Gasteiger partial charge >= 0.3 is 0 Å². The minimum absolute atomic E-state index is 0.0500. The van der Waals surface area contributed by atoms with Crippen LogP contribution in [0.4, 0.5) is 5.13 Å². The van der Waals surface area contributed by atoms with Crippen molar-refractivity contribution in [3.63, 3.8) is 0 Å². The van der Waals surface area contributed by atoms with Gasteiger partial charge in [0.2, 0.25) is 5.91 Å². The van der Waals surface area contributed by atoms with Gasteiger partial charge in [-0.15, -0.1) is 11.3 Å². The fraction of sp³-hybridized carbons (Fsp3) is 0.450. The second kappa shape index (κ2) is 7.78. The average Bonchev–Trinajstić information content (AvgIpc) is 3.25. The molecule has 3 aromatic heterocycles. The van der Waals surface area contributed by atoms with E-state index in [9.17, 15) is 4.79 Å². The first kappa shape index (κ1) is 18.1. The molecule has 1 aliphatic heterocycles. The Bertz CT molecular complexity index is 941. The summed E-state index contributed by atoms with van der Waals surface area (Å²) in [6, 6.07) is 3.96. The topological polar surface area (TPSA) is 82.7 Å². The standard InChI is InChI=1S/C20H25N5OS/c1-12(14-5-3-7-21-10-14)9-17(26)24-20-25-18(13(2)27-20)16-11-23-19-15(16)6-4-8-22-19/h4,6,8,11-12,14,21H,3,5,7,9-10H2,1-2H3,(H,22,23)(H,24,25,26). The fourth-order valence-electron chi connectivity index (χ4n) is 3.85. The number of rotatable bonds is 5. The van der Waals surface area contributed by atoms with E-state index in [0.717, 1.165) is 40.3 Å². The van der Waals surface area contributed by atoms with Crippen molar-refractivity contribution in [2.75, 3.05) is 18.4 Å². The van der Waals surface area contributed by atoms with Gasteiger partial charge in [0.1, 0.15) is 5.65 Å². The van der Waals surface area contributed by atoms with E-state index in [-0.39, 0.29) is 5.91 Å². The average molecular weight is 384 g/mol. The van der Waals surface area contributed by atoms with Crippen LogP contribution in [0.15, 0.2) is 24.5 Å². The predicted molar refractivity (Wildman–Crippen MR) is 110 cm³/mol. The van der Waals surface area contributed by atoms with Crippen LogP contribution in [0.1, 0.15) is 31.1 Å². The number of aromatic amines is 1. The van der Waals surface area contributed by atoms with Crippen molar-refractivity contribution in [3.05, 3.63) is 29.4 Å². The molecule has 2 atom stereocenters. The molecule has 7 heteroatoms. The molecular formula is C20H25N5OS. The minimum Gasteiger partial charge on any atom is -0.345 e. The van der Waals surface area contributed by atoms with Crippen LogP contribution < -0.4 is 10.6 Å². The van der Waals surface area contributed by atoms with Crippen LogP contribution in [0.25, 0.3) is 22.3 Å². The maximum Gasteiger partial charge on any atom is 0.226 e. The van der Waals surface area contributed by atoms with Crippen LogP contribution in [0, 0.1) is 18.8 Å². The largest absolute Gasteiger partial charge is 0.345 e. The van der Waals surface area contributed by atoms with E-state index in [4.69, 9.17) is 0 Å². The molecule has 4 rings (SSSR count). The van der Waals surface area contributed by atoms with Gasteiger partial charge in [0.25, 0.3) is 0 Å². The molecule has 3 N–H and O–H groups in total. The third-order valence-corrected chi connectivity index (χ3v) is 6.28. The lowest BCUT2D eigenvalue weighted by Gasteiger charge is -2.27. The third-order valence-electron chi connectivity index (χ3n) is 5.40. The highest BCUT2D eigenvalue weighted by molar-refractivity contribution is 7.16.